The molecule has 0 heterocycles. The normalized spacial score (nSPS) is 9.50. The summed E-state index contributed by atoms with van der Waals surface area (Å²) in [4.78, 5) is 34.4. The molecule has 6 heteroatoms. The molecule has 0 rings (SSSR count). The predicted octanol–water partition coefficient (Wildman–Crippen LogP) is 2.30. The lowest BCUT2D eigenvalue weighted by atomic mass is 10.2. The Morgan fingerprint density at radius 3 is 2.32 bits per heavy atom. The van der Waals surface area contributed by atoms with E-state index in [2.05, 4.69) is 10.5 Å². The summed E-state index contributed by atoms with van der Waals surface area (Å²) in [6.45, 7) is 8.23. The smallest absolute Gasteiger partial charge is 0.246 e. The number of hydrogen-bond donors (Lipinski definition) is 1. The zero-order chi connectivity index (χ0) is 17.4. The number of carbonyl (C=O) groups excluding carboxylic acids is 3. The number of rotatable bonds is 9. The third-order valence-corrected chi connectivity index (χ3v) is 2.50. The van der Waals surface area contributed by atoms with Crippen LogP contribution in [0.1, 0.15) is 53.4 Å². The average molecular weight is 311 g/mol. The molecule has 0 bridgehead atoms. The van der Waals surface area contributed by atoms with Crippen molar-refractivity contribution in [3.05, 3.63) is 12.2 Å². The van der Waals surface area contributed by atoms with Gasteiger partial charge in [0, 0.05) is 31.8 Å². The lowest BCUT2D eigenvalue weighted by Gasteiger charge is -2.14. The topological polar surface area (TPSA) is 78.8 Å². The van der Waals surface area contributed by atoms with Gasteiger partial charge >= 0.3 is 0 Å². The molecule has 126 valence electrons. The van der Waals surface area contributed by atoms with Crippen molar-refractivity contribution in [1.29, 1.82) is 0 Å². The molecule has 0 fully saturated rings. The van der Waals surface area contributed by atoms with Gasteiger partial charge in [-0.3, -0.25) is 14.4 Å². The number of likely N-dealkylation sites (N-methyl/N-ethyl adjacent to an activating group) is 1. The van der Waals surface area contributed by atoms with Gasteiger partial charge in [-0.15, -0.1) is 0 Å². The summed E-state index contributed by atoms with van der Waals surface area (Å²) in [7, 11) is 1.68. The van der Waals surface area contributed by atoms with E-state index < -0.39 is 0 Å². The molecule has 0 aromatic carbocycles. The Hall–Kier alpha value is -1.98. The highest BCUT2D eigenvalue weighted by molar-refractivity contribution is 5.90. The molecule has 0 spiro atoms. The Bertz CT molecular complexity index is 386. The SMILES string of the molecule is CC.CC(C)=NNC(=O)CCCCCN(C)C(=O)/C=C\C=O. The van der Waals surface area contributed by atoms with Crippen molar-refractivity contribution in [3.8, 4) is 0 Å². The monoisotopic (exact) mass is 311 g/mol. The van der Waals surface area contributed by atoms with E-state index in [0.29, 0.717) is 19.3 Å². The highest BCUT2D eigenvalue weighted by Crippen LogP contribution is 2.01. The molecule has 0 unspecified atom stereocenters. The maximum absolute atomic E-state index is 11.4. The van der Waals surface area contributed by atoms with Crippen molar-refractivity contribution >= 4 is 23.8 Å². The minimum Gasteiger partial charge on any atom is -0.342 e. The zero-order valence-corrected chi connectivity index (χ0v) is 14.4. The molecular formula is C16H29N3O3. The quantitative estimate of drug-likeness (QED) is 0.233. The van der Waals surface area contributed by atoms with Gasteiger partial charge in [0.2, 0.25) is 11.8 Å². The van der Waals surface area contributed by atoms with E-state index in [-0.39, 0.29) is 11.8 Å². The van der Waals surface area contributed by atoms with Crippen LogP contribution in [0.5, 0.6) is 0 Å². The summed E-state index contributed by atoms with van der Waals surface area (Å²) in [6.07, 6.45) is 5.86. The second-order valence-electron chi connectivity index (χ2n) is 4.66. The fourth-order valence-electron chi connectivity index (χ4n) is 1.40. The number of allylic oxidation sites excluding steroid dienone is 1. The van der Waals surface area contributed by atoms with E-state index in [4.69, 9.17) is 0 Å². The van der Waals surface area contributed by atoms with Gasteiger partial charge in [-0.25, -0.2) is 5.43 Å². The van der Waals surface area contributed by atoms with Crippen LogP contribution in [0.2, 0.25) is 0 Å². The van der Waals surface area contributed by atoms with E-state index in [1.54, 1.807) is 11.9 Å². The van der Waals surface area contributed by atoms with Gasteiger partial charge < -0.3 is 4.90 Å². The number of hydrogen-bond acceptors (Lipinski definition) is 4. The summed E-state index contributed by atoms with van der Waals surface area (Å²) in [6, 6.07) is 0. The van der Waals surface area contributed by atoms with Crippen molar-refractivity contribution < 1.29 is 14.4 Å². The predicted molar refractivity (Wildman–Crippen MR) is 89.6 cm³/mol. The van der Waals surface area contributed by atoms with Crippen LogP contribution in [0.4, 0.5) is 0 Å². The first kappa shape index (κ1) is 22.3. The molecule has 2 amide bonds. The van der Waals surface area contributed by atoms with Gasteiger partial charge in [0.15, 0.2) is 0 Å². The van der Waals surface area contributed by atoms with Crippen LogP contribution >= 0.6 is 0 Å². The van der Waals surface area contributed by atoms with Gasteiger partial charge in [0.05, 0.1) is 0 Å². The number of nitrogens with one attached hydrogen (secondary N) is 1. The lowest BCUT2D eigenvalue weighted by Crippen LogP contribution is -2.26. The van der Waals surface area contributed by atoms with Crippen molar-refractivity contribution in [2.45, 2.75) is 53.4 Å². The molecule has 0 aromatic heterocycles. The molecule has 0 aliphatic carbocycles. The Labute approximate surface area is 133 Å². The molecule has 0 aliphatic heterocycles. The Morgan fingerprint density at radius 2 is 1.77 bits per heavy atom. The first-order valence-corrected chi connectivity index (χ1v) is 7.64. The minimum atomic E-state index is -0.192. The fourth-order valence-corrected chi connectivity index (χ4v) is 1.40. The zero-order valence-electron chi connectivity index (χ0n) is 14.4. The number of amides is 2. The van der Waals surface area contributed by atoms with Crippen LogP contribution in [0, 0.1) is 0 Å². The molecule has 1 N–H and O–H groups in total. The molecule has 0 radical (unpaired) electrons. The Morgan fingerprint density at radius 1 is 1.14 bits per heavy atom. The molecule has 22 heavy (non-hydrogen) atoms. The molecule has 0 aromatic rings. The van der Waals surface area contributed by atoms with Crippen molar-refractivity contribution in [2.24, 2.45) is 5.10 Å². The van der Waals surface area contributed by atoms with Gasteiger partial charge in [0.1, 0.15) is 6.29 Å². The number of carbonyl (C=O) groups is 3. The molecule has 0 atom stereocenters. The van der Waals surface area contributed by atoms with Crippen LogP contribution in [-0.2, 0) is 14.4 Å². The van der Waals surface area contributed by atoms with Crippen LogP contribution < -0.4 is 5.43 Å². The summed E-state index contributed by atoms with van der Waals surface area (Å²) < 4.78 is 0. The van der Waals surface area contributed by atoms with Crippen LogP contribution in [-0.4, -0.2) is 42.3 Å². The van der Waals surface area contributed by atoms with E-state index >= 15 is 0 Å². The van der Waals surface area contributed by atoms with Crippen molar-refractivity contribution in [3.63, 3.8) is 0 Å². The summed E-state index contributed by atoms with van der Waals surface area (Å²) in [5, 5.41) is 3.83. The van der Waals surface area contributed by atoms with Crippen LogP contribution in [0.25, 0.3) is 0 Å². The second kappa shape index (κ2) is 15.4. The van der Waals surface area contributed by atoms with Crippen LogP contribution in [0.15, 0.2) is 17.3 Å². The highest BCUT2D eigenvalue weighted by Gasteiger charge is 2.04. The van der Waals surface area contributed by atoms with Gasteiger partial charge in [-0.1, -0.05) is 20.3 Å². The lowest BCUT2D eigenvalue weighted by molar-refractivity contribution is -0.125. The highest BCUT2D eigenvalue weighted by atomic mass is 16.2. The molecule has 0 aliphatic rings. The standard InChI is InChI=1S/C14H23N3O3.C2H6/c1-12(2)15-16-13(19)8-5-4-6-10-17(3)14(20)9-7-11-18;1-2/h7,9,11H,4-6,8,10H2,1-3H3,(H,16,19);1-2H3/b9-7-;. The first-order valence-electron chi connectivity index (χ1n) is 7.64. The Kier molecular flexibility index (Phi) is 15.6. The Balaban J connectivity index is 0. The van der Waals surface area contributed by atoms with Gasteiger partial charge in [-0.2, -0.15) is 5.10 Å². The van der Waals surface area contributed by atoms with Crippen molar-refractivity contribution in [1.82, 2.24) is 10.3 Å². The van der Waals surface area contributed by atoms with E-state index in [0.717, 1.165) is 25.0 Å². The second-order valence-corrected chi connectivity index (χ2v) is 4.66. The maximum Gasteiger partial charge on any atom is 0.246 e. The molecule has 0 saturated carbocycles. The van der Waals surface area contributed by atoms with Crippen molar-refractivity contribution in [2.75, 3.05) is 13.6 Å². The maximum atomic E-state index is 11.4. The molecule has 0 saturated heterocycles. The van der Waals surface area contributed by atoms with Gasteiger partial charge in [-0.05, 0) is 32.8 Å². The third-order valence-electron chi connectivity index (χ3n) is 2.50. The number of unbranched alkanes of at least 4 members (excludes halogenated alkanes) is 2. The number of aldehydes is 1. The third kappa shape index (κ3) is 14.4. The summed E-state index contributed by atoms with van der Waals surface area (Å²) in [5.74, 6) is -0.285. The van der Waals surface area contributed by atoms with E-state index in [9.17, 15) is 14.4 Å². The number of nitrogens with zero attached hydrogens (tertiary/aromatic N) is 2. The largest absolute Gasteiger partial charge is 0.342 e. The summed E-state index contributed by atoms with van der Waals surface area (Å²) >= 11 is 0. The molecular weight excluding hydrogens is 282 g/mol. The number of hydrazone groups is 1. The minimum absolute atomic E-state index is 0.0930. The first-order chi connectivity index (χ1) is 10.5. The van der Waals surface area contributed by atoms with Gasteiger partial charge in [0.25, 0.3) is 0 Å². The van der Waals surface area contributed by atoms with E-state index in [1.165, 1.54) is 12.2 Å². The fraction of sp³-hybridized carbons (Fsp3) is 0.625. The molecule has 6 nitrogen and oxygen atoms in total. The average Bonchev–Trinajstić information content (AvgIpc) is 2.51. The summed E-state index contributed by atoms with van der Waals surface area (Å²) in [5.41, 5.74) is 3.27. The van der Waals surface area contributed by atoms with Crippen LogP contribution in [0.3, 0.4) is 0 Å². The van der Waals surface area contributed by atoms with E-state index in [1.807, 2.05) is 27.7 Å².